The number of ether oxygens (including phenoxy) is 2. The Balaban J connectivity index is 1.55. The maximum atomic E-state index is 12.4. The van der Waals surface area contributed by atoms with Crippen molar-refractivity contribution in [3.8, 4) is 22.8 Å². The van der Waals surface area contributed by atoms with Gasteiger partial charge in [-0.2, -0.15) is 0 Å². The average Bonchev–Trinajstić information content (AvgIpc) is 3.29. The third-order valence-electron chi connectivity index (χ3n) is 6.55. The lowest BCUT2D eigenvalue weighted by atomic mass is 10.0. The van der Waals surface area contributed by atoms with Crippen LogP contribution >= 0.6 is 11.3 Å². The number of hydrogen-bond acceptors (Lipinski definition) is 10. The van der Waals surface area contributed by atoms with E-state index in [2.05, 4.69) is 44.3 Å². The van der Waals surface area contributed by atoms with Gasteiger partial charge in [-0.05, 0) is 51.6 Å². The third kappa shape index (κ3) is 5.59. The summed E-state index contributed by atoms with van der Waals surface area (Å²) in [4.78, 5) is 31.2. The molecule has 3 N–H and O–H groups in total. The summed E-state index contributed by atoms with van der Waals surface area (Å²) in [6, 6.07) is 8.07. The smallest absolute Gasteiger partial charge is 0.259 e. The number of piperazine rings is 1. The van der Waals surface area contributed by atoms with Gasteiger partial charge in [0, 0.05) is 55.3 Å². The molecule has 0 bridgehead atoms. The number of thiophene rings is 1. The van der Waals surface area contributed by atoms with Crippen LogP contribution in [0.15, 0.2) is 36.7 Å². The first kappa shape index (κ1) is 26.6. The fourth-order valence-electron chi connectivity index (χ4n) is 4.62. The summed E-state index contributed by atoms with van der Waals surface area (Å²) in [6.45, 7) is 9.90. The molecular weight excluding hydrogens is 514 g/mol. The number of nitrogens with one attached hydrogen (secondary N) is 1. The molecule has 0 atom stereocenters. The van der Waals surface area contributed by atoms with Gasteiger partial charge in [-0.1, -0.05) is 0 Å². The van der Waals surface area contributed by atoms with Crippen LogP contribution in [0.1, 0.15) is 29.1 Å². The SMILES string of the molecule is COc1ncc(C)cc1-c1c(C(N)=O)sc2cnc(Nc3ccc(N4CCN(C)CC4)cc3OC(C)C)nc12. The summed E-state index contributed by atoms with van der Waals surface area (Å²) in [6.07, 6.45) is 3.40. The highest BCUT2D eigenvalue weighted by Gasteiger charge is 2.24. The van der Waals surface area contributed by atoms with Gasteiger partial charge in [-0.3, -0.25) is 4.79 Å². The molecule has 1 aromatic carbocycles. The second-order valence-corrected chi connectivity index (χ2v) is 11.0. The predicted molar refractivity (Wildman–Crippen MR) is 156 cm³/mol. The first-order chi connectivity index (χ1) is 18.7. The fourth-order valence-corrected chi connectivity index (χ4v) is 5.60. The zero-order chi connectivity index (χ0) is 27.7. The van der Waals surface area contributed by atoms with E-state index >= 15 is 0 Å². The number of rotatable bonds is 8. The van der Waals surface area contributed by atoms with Crippen LogP contribution in [0.4, 0.5) is 17.3 Å². The molecule has 1 fully saturated rings. The maximum Gasteiger partial charge on any atom is 0.259 e. The number of amides is 1. The number of nitrogens with zero attached hydrogens (tertiary/aromatic N) is 5. The molecule has 4 aromatic rings. The van der Waals surface area contributed by atoms with E-state index in [9.17, 15) is 4.79 Å². The van der Waals surface area contributed by atoms with Crippen LogP contribution in [0.5, 0.6) is 11.6 Å². The zero-order valence-electron chi connectivity index (χ0n) is 22.8. The Kier molecular flexibility index (Phi) is 7.53. The quantitative estimate of drug-likeness (QED) is 0.330. The summed E-state index contributed by atoms with van der Waals surface area (Å²) >= 11 is 1.25. The van der Waals surface area contributed by atoms with Gasteiger partial charge in [0.1, 0.15) is 10.6 Å². The largest absolute Gasteiger partial charge is 0.489 e. The molecule has 0 radical (unpaired) electrons. The van der Waals surface area contributed by atoms with Crippen molar-refractivity contribution < 1.29 is 14.3 Å². The van der Waals surface area contributed by atoms with Gasteiger partial charge in [0.2, 0.25) is 11.8 Å². The van der Waals surface area contributed by atoms with Gasteiger partial charge in [0.15, 0.2) is 0 Å². The molecule has 204 valence electrons. The van der Waals surface area contributed by atoms with Gasteiger partial charge in [0.05, 0.1) is 35.3 Å². The second kappa shape index (κ2) is 11.0. The van der Waals surface area contributed by atoms with E-state index in [1.165, 1.54) is 11.3 Å². The van der Waals surface area contributed by atoms with E-state index in [0.717, 1.165) is 53.6 Å². The van der Waals surface area contributed by atoms with E-state index in [-0.39, 0.29) is 6.10 Å². The molecule has 0 spiro atoms. The normalized spacial score (nSPS) is 14.2. The Labute approximate surface area is 231 Å². The molecule has 1 aliphatic rings. The van der Waals surface area contributed by atoms with E-state index in [1.807, 2.05) is 32.9 Å². The Morgan fingerprint density at radius 3 is 2.59 bits per heavy atom. The number of aryl methyl sites for hydroxylation is 1. The van der Waals surface area contributed by atoms with Crippen molar-refractivity contribution in [2.45, 2.75) is 26.9 Å². The highest BCUT2D eigenvalue weighted by atomic mass is 32.1. The molecule has 10 nitrogen and oxygen atoms in total. The van der Waals surface area contributed by atoms with Crippen molar-refractivity contribution in [3.63, 3.8) is 0 Å². The molecule has 11 heteroatoms. The molecule has 0 aliphatic carbocycles. The van der Waals surface area contributed by atoms with Crippen LogP contribution in [-0.2, 0) is 0 Å². The maximum absolute atomic E-state index is 12.4. The average molecular weight is 548 g/mol. The molecule has 5 rings (SSSR count). The number of nitrogens with two attached hydrogens (primary N) is 1. The summed E-state index contributed by atoms with van der Waals surface area (Å²) in [5.74, 6) is 0.942. The minimum absolute atomic E-state index is 0.0143. The van der Waals surface area contributed by atoms with E-state index < -0.39 is 5.91 Å². The highest BCUT2D eigenvalue weighted by molar-refractivity contribution is 7.21. The highest BCUT2D eigenvalue weighted by Crippen LogP contribution is 2.42. The number of carbonyl (C=O) groups is 1. The predicted octanol–water partition coefficient (Wildman–Crippen LogP) is 4.45. The molecule has 3 aromatic heterocycles. The van der Waals surface area contributed by atoms with Gasteiger partial charge in [-0.25, -0.2) is 15.0 Å². The van der Waals surface area contributed by atoms with Crippen LogP contribution < -0.4 is 25.4 Å². The van der Waals surface area contributed by atoms with Crippen LogP contribution in [0.25, 0.3) is 21.3 Å². The van der Waals surface area contributed by atoms with Crippen molar-refractivity contribution in [1.82, 2.24) is 19.9 Å². The number of anilines is 3. The van der Waals surface area contributed by atoms with Gasteiger partial charge >= 0.3 is 0 Å². The lowest BCUT2D eigenvalue weighted by molar-refractivity contribution is 0.100. The topological polar surface area (TPSA) is 119 Å². The van der Waals surface area contributed by atoms with Crippen molar-refractivity contribution in [2.75, 3.05) is 50.6 Å². The number of fused-ring (bicyclic) bond motifs is 1. The van der Waals surface area contributed by atoms with Crippen LogP contribution in [0.3, 0.4) is 0 Å². The lowest BCUT2D eigenvalue weighted by Gasteiger charge is -2.34. The van der Waals surface area contributed by atoms with Crippen molar-refractivity contribution in [1.29, 1.82) is 0 Å². The molecule has 0 saturated carbocycles. The second-order valence-electron chi connectivity index (χ2n) is 9.91. The number of aromatic nitrogens is 3. The molecule has 1 aliphatic heterocycles. The monoisotopic (exact) mass is 547 g/mol. The number of carbonyl (C=O) groups excluding carboxylic acids is 1. The first-order valence-corrected chi connectivity index (χ1v) is 13.7. The molecule has 1 amide bonds. The first-order valence-electron chi connectivity index (χ1n) is 12.8. The number of methoxy groups -OCH3 is 1. The Morgan fingerprint density at radius 1 is 1.13 bits per heavy atom. The van der Waals surface area contributed by atoms with E-state index in [0.29, 0.717) is 33.3 Å². The molecular formula is C28H33N7O3S. The third-order valence-corrected chi connectivity index (χ3v) is 7.68. The van der Waals surface area contributed by atoms with Crippen LogP contribution in [0.2, 0.25) is 0 Å². The molecule has 1 saturated heterocycles. The summed E-state index contributed by atoms with van der Waals surface area (Å²) in [5.41, 5.74) is 10.4. The number of hydrogen-bond donors (Lipinski definition) is 2. The standard InChI is InChI=1S/C28H33N7O3S/c1-16(2)38-21-13-18(35-10-8-34(4)9-11-35)6-7-20(21)32-28-31-15-22-24(33-28)23(25(39-22)26(29)36)19-12-17(3)14-30-27(19)37-5/h6-7,12-16H,8-11H2,1-5H3,(H2,29,36)(H,31,32,33). The van der Waals surface area contributed by atoms with E-state index in [4.69, 9.17) is 20.2 Å². The zero-order valence-corrected chi connectivity index (χ0v) is 23.6. The van der Waals surface area contributed by atoms with Gasteiger partial charge < -0.3 is 30.3 Å². The van der Waals surface area contributed by atoms with Crippen molar-refractivity contribution in [2.24, 2.45) is 5.73 Å². The number of primary amides is 1. The minimum Gasteiger partial charge on any atom is -0.489 e. The minimum atomic E-state index is -0.543. The number of pyridine rings is 1. The lowest BCUT2D eigenvalue weighted by Crippen LogP contribution is -2.44. The number of likely N-dealkylation sites (N-methyl/N-ethyl adjacent to an activating group) is 1. The van der Waals surface area contributed by atoms with Crippen LogP contribution in [0, 0.1) is 6.92 Å². The molecule has 39 heavy (non-hydrogen) atoms. The summed E-state index contributed by atoms with van der Waals surface area (Å²) in [7, 11) is 3.69. The molecule has 0 unspecified atom stereocenters. The van der Waals surface area contributed by atoms with E-state index in [1.54, 1.807) is 19.5 Å². The van der Waals surface area contributed by atoms with Crippen LogP contribution in [-0.4, -0.2) is 72.2 Å². The summed E-state index contributed by atoms with van der Waals surface area (Å²) < 4.78 is 12.4. The van der Waals surface area contributed by atoms with Crippen molar-refractivity contribution in [3.05, 3.63) is 47.1 Å². The molecule has 4 heterocycles. The fraction of sp³-hybridized carbons (Fsp3) is 0.357. The Bertz CT molecular complexity index is 1510. The van der Waals surface area contributed by atoms with Gasteiger partial charge in [0.25, 0.3) is 5.91 Å². The number of benzene rings is 1. The van der Waals surface area contributed by atoms with Crippen molar-refractivity contribution >= 4 is 44.8 Å². The summed E-state index contributed by atoms with van der Waals surface area (Å²) in [5, 5.41) is 3.33. The Morgan fingerprint density at radius 2 is 1.90 bits per heavy atom. The Hall–Kier alpha value is -3.96. The van der Waals surface area contributed by atoms with Gasteiger partial charge in [-0.15, -0.1) is 11.3 Å².